The summed E-state index contributed by atoms with van der Waals surface area (Å²) in [6, 6.07) is 3.45. The molecular weight excluding hydrogens is 264 g/mol. The summed E-state index contributed by atoms with van der Waals surface area (Å²) in [5.74, 6) is -0.271. The van der Waals surface area contributed by atoms with Gasteiger partial charge in [-0.1, -0.05) is 31.4 Å². The average Bonchev–Trinajstić information content (AvgIpc) is 2.62. The summed E-state index contributed by atoms with van der Waals surface area (Å²) in [7, 11) is 0. The van der Waals surface area contributed by atoms with Gasteiger partial charge >= 0.3 is 5.97 Å². The number of carboxylic acid groups (broad SMARTS) is 1. The molecule has 0 spiro atoms. The normalized spacial score (nSPS) is 20.1. The van der Waals surface area contributed by atoms with Gasteiger partial charge in [-0.15, -0.1) is 0 Å². The Bertz CT molecular complexity index is 465. The molecule has 1 unspecified atom stereocenters. The monoisotopic (exact) mass is 282 g/mol. The largest absolute Gasteiger partial charge is 0.478 e. The molecule has 2 heterocycles. The topological polar surface area (TPSA) is 53.4 Å². The zero-order valence-electron chi connectivity index (χ0n) is 11.1. The van der Waals surface area contributed by atoms with E-state index in [0.717, 1.165) is 25.8 Å². The fourth-order valence-electron chi connectivity index (χ4n) is 2.66. The predicted octanol–water partition coefficient (Wildman–Crippen LogP) is 3.59. The molecule has 0 amide bonds. The third kappa shape index (κ3) is 3.38. The van der Waals surface area contributed by atoms with E-state index in [1.165, 1.54) is 18.9 Å². The number of nitrogens with zero attached hydrogens (tertiary/aromatic N) is 2. The molecule has 19 heavy (non-hydrogen) atoms. The highest BCUT2D eigenvalue weighted by atomic mass is 35.5. The quantitative estimate of drug-likeness (QED) is 0.861. The highest BCUT2D eigenvalue weighted by Gasteiger charge is 2.22. The maximum absolute atomic E-state index is 11.1. The number of anilines is 1. The molecule has 1 N–H and O–H groups in total. The van der Waals surface area contributed by atoms with E-state index < -0.39 is 5.97 Å². The van der Waals surface area contributed by atoms with Gasteiger partial charge < -0.3 is 10.0 Å². The van der Waals surface area contributed by atoms with Crippen LogP contribution in [0.4, 0.5) is 5.82 Å². The molecule has 104 valence electrons. The van der Waals surface area contributed by atoms with Crippen LogP contribution in [0.3, 0.4) is 0 Å². The minimum atomic E-state index is -0.964. The Hall–Kier alpha value is -1.29. The number of rotatable bonds is 3. The first-order chi connectivity index (χ1) is 9.11. The first kappa shape index (κ1) is 14.1. The van der Waals surface area contributed by atoms with Gasteiger partial charge in [0.1, 0.15) is 11.0 Å². The smallest absolute Gasteiger partial charge is 0.335 e. The van der Waals surface area contributed by atoms with Crippen molar-refractivity contribution in [3.05, 3.63) is 22.8 Å². The summed E-state index contributed by atoms with van der Waals surface area (Å²) < 4.78 is 0. The Balaban J connectivity index is 2.34. The van der Waals surface area contributed by atoms with Gasteiger partial charge in [0.05, 0.1) is 5.56 Å². The van der Waals surface area contributed by atoms with Crippen LogP contribution in [0.25, 0.3) is 0 Å². The number of aromatic carboxylic acids is 1. The molecule has 1 aromatic heterocycles. The third-order valence-corrected chi connectivity index (χ3v) is 3.86. The van der Waals surface area contributed by atoms with Crippen LogP contribution in [0.2, 0.25) is 5.15 Å². The third-order valence-electron chi connectivity index (χ3n) is 3.67. The molecule has 0 saturated carbocycles. The van der Waals surface area contributed by atoms with Crippen molar-refractivity contribution >= 4 is 23.4 Å². The molecule has 0 aromatic carbocycles. The van der Waals surface area contributed by atoms with E-state index in [9.17, 15) is 4.79 Å². The minimum Gasteiger partial charge on any atom is -0.478 e. The Morgan fingerprint density at radius 1 is 1.47 bits per heavy atom. The molecule has 2 rings (SSSR count). The van der Waals surface area contributed by atoms with E-state index in [2.05, 4.69) is 16.8 Å². The van der Waals surface area contributed by atoms with Crippen molar-refractivity contribution in [3.8, 4) is 0 Å². The van der Waals surface area contributed by atoms with Gasteiger partial charge in [-0.2, -0.15) is 0 Å². The molecule has 5 heteroatoms. The molecule has 1 saturated heterocycles. The maximum Gasteiger partial charge on any atom is 0.335 e. The summed E-state index contributed by atoms with van der Waals surface area (Å²) in [6.45, 7) is 3.08. The second kappa shape index (κ2) is 6.24. The number of carboxylic acids is 1. The molecular formula is C14H19ClN2O2. The first-order valence-corrected chi connectivity index (χ1v) is 7.17. The van der Waals surface area contributed by atoms with Gasteiger partial charge in [0.15, 0.2) is 0 Å². The Morgan fingerprint density at radius 3 is 2.95 bits per heavy atom. The molecule has 4 nitrogen and oxygen atoms in total. The van der Waals surface area contributed by atoms with Crippen LogP contribution in [0.1, 0.15) is 49.4 Å². The van der Waals surface area contributed by atoms with E-state index in [1.54, 1.807) is 6.07 Å². The summed E-state index contributed by atoms with van der Waals surface area (Å²) >= 11 is 5.94. The Kier molecular flexibility index (Phi) is 4.64. The maximum atomic E-state index is 11.1. The van der Waals surface area contributed by atoms with Crippen molar-refractivity contribution in [2.24, 2.45) is 0 Å². The lowest BCUT2D eigenvalue weighted by molar-refractivity contribution is 0.0696. The highest BCUT2D eigenvalue weighted by Crippen LogP contribution is 2.26. The fourth-order valence-corrected chi connectivity index (χ4v) is 2.86. The standard InChI is InChI=1S/C14H19ClN2O2/c1-2-11-6-4-3-5-7-17(11)13-9-10(14(18)19)8-12(15)16-13/h8-9,11H,2-7H2,1H3,(H,18,19). The van der Waals surface area contributed by atoms with E-state index >= 15 is 0 Å². The number of carbonyl (C=O) groups is 1. The van der Waals surface area contributed by atoms with Gasteiger partial charge in [0.2, 0.25) is 0 Å². The van der Waals surface area contributed by atoms with Crippen LogP contribution < -0.4 is 4.90 Å². The van der Waals surface area contributed by atoms with Crippen molar-refractivity contribution in [1.29, 1.82) is 0 Å². The summed E-state index contributed by atoms with van der Waals surface area (Å²) in [5, 5.41) is 9.35. The first-order valence-electron chi connectivity index (χ1n) is 6.79. The molecule has 1 atom stereocenters. The predicted molar refractivity (Wildman–Crippen MR) is 76.1 cm³/mol. The molecule has 1 aromatic rings. The summed E-state index contributed by atoms with van der Waals surface area (Å²) in [4.78, 5) is 17.6. The van der Waals surface area contributed by atoms with Crippen molar-refractivity contribution in [3.63, 3.8) is 0 Å². The number of pyridine rings is 1. The zero-order chi connectivity index (χ0) is 13.8. The van der Waals surface area contributed by atoms with Gasteiger partial charge in [0, 0.05) is 12.6 Å². The van der Waals surface area contributed by atoms with Crippen molar-refractivity contribution in [2.45, 2.75) is 45.1 Å². The fraction of sp³-hybridized carbons (Fsp3) is 0.571. The summed E-state index contributed by atoms with van der Waals surface area (Å²) in [5.41, 5.74) is 0.203. The van der Waals surface area contributed by atoms with Gasteiger partial charge in [-0.05, 0) is 31.4 Å². The van der Waals surface area contributed by atoms with Crippen LogP contribution >= 0.6 is 11.6 Å². The van der Waals surface area contributed by atoms with Crippen molar-refractivity contribution in [2.75, 3.05) is 11.4 Å². The van der Waals surface area contributed by atoms with Gasteiger partial charge in [-0.25, -0.2) is 9.78 Å². The molecule has 0 radical (unpaired) electrons. The van der Waals surface area contributed by atoms with E-state index in [-0.39, 0.29) is 10.7 Å². The molecule has 0 aliphatic carbocycles. The number of hydrogen-bond donors (Lipinski definition) is 1. The second-order valence-electron chi connectivity index (χ2n) is 4.95. The van der Waals surface area contributed by atoms with E-state index in [1.807, 2.05) is 0 Å². The van der Waals surface area contributed by atoms with Crippen LogP contribution in [-0.2, 0) is 0 Å². The lowest BCUT2D eigenvalue weighted by atomic mass is 10.1. The lowest BCUT2D eigenvalue weighted by Gasteiger charge is -2.30. The van der Waals surface area contributed by atoms with Crippen molar-refractivity contribution in [1.82, 2.24) is 4.98 Å². The average molecular weight is 283 g/mol. The molecule has 1 aliphatic rings. The molecule has 0 bridgehead atoms. The number of halogens is 1. The van der Waals surface area contributed by atoms with Crippen LogP contribution in [-0.4, -0.2) is 28.6 Å². The van der Waals surface area contributed by atoms with E-state index in [0.29, 0.717) is 11.9 Å². The lowest BCUT2D eigenvalue weighted by Crippen LogP contribution is -2.35. The highest BCUT2D eigenvalue weighted by molar-refractivity contribution is 6.29. The number of hydrogen-bond acceptors (Lipinski definition) is 3. The Morgan fingerprint density at radius 2 is 2.26 bits per heavy atom. The van der Waals surface area contributed by atoms with Crippen molar-refractivity contribution < 1.29 is 9.90 Å². The summed E-state index contributed by atoms with van der Waals surface area (Å²) in [6.07, 6.45) is 5.73. The Labute approximate surface area is 118 Å². The van der Waals surface area contributed by atoms with Crippen LogP contribution in [0, 0.1) is 0 Å². The van der Waals surface area contributed by atoms with Gasteiger partial charge in [-0.3, -0.25) is 0 Å². The second-order valence-corrected chi connectivity index (χ2v) is 5.33. The zero-order valence-corrected chi connectivity index (χ0v) is 11.9. The molecule has 1 fully saturated rings. The van der Waals surface area contributed by atoms with Crippen LogP contribution in [0.15, 0.2) is 12.1 Å². The minimum absolute atomic E-state index is 0.203. The number of aromatic nitrogens is 1. The van der Waals surface area contributed by atoms with E-state index in [4.69, 9.17) is 16.7 Å². The van der Waals surface area contributed by atoms with Gasteiger partial charge in [0.25, 0.3) is 0 Å². The SMILES string of the molecule is CCC1CCCCCN1c1cc(C(=O)O)cc(Cl)n1. The van der Waals surface area contributed by atoms with Crippen LogP contribution in [0.5, 0.6) is 0 Å². The molecule has 1 aliphatic heterocycles.